The van der Waals surface area contributed by atoms with Crippen molar-refractivity contribution in [1.29, 1.82) is 0 Å². The first-order valence-corrected chi connectivity index (χ1v) is 5.27. The number of nitrogens with two attached hydrogens (primary N) is 1. The van der Waals surface area contributed by atoms with Crippen molar-refractivity contribution in [1.82, 2.24) is 4.98 Å². The Balaban J connectivity index is 3.21. The molecule has 0 aromatic carbocycles. The van der Waals surface area contributed by atoms with Crippen molar-refractivity contribution >= 4 is 27.7 Å². The zero-order valence-electron chi connectivity index (χ0n) is 6.51. The van der Waals surface area contributed by atoms with E-state index < -0.39 is 10.0 Å². The van der Waals surface area contributed by atoms with Crippen molar-refractivity contribution in [3.05, 3.63) is 29.6 Å². The SMILES string of the molecule is NS(=O)(=O)c1cncc(C=CCl)c1. The van der Waals surface area contributed by atoms with Crippen molar-refractivity contribution in [2.24, 2.45) is 5.14 Å². The highest BCUT2D eigenvalue weighted by Gasteiger charge is 2.07. The van der Waals surface area contributed by atoms with E-state index in [0.29, 0.717) is 5.56 Å². The van der Waals surface area contributed by atoms with Crippen LogP contribution in [0.5, 0.6) is 0 Å². The van der Waals surface area contributed by atoms with Crippen LogP contribution in [0.2, 0.25) is 0 Å². The van der Waals surface area contributed by atoms with Crippen LogP contribution >= 0.6 is 11.6 Å². The van der Waals surface area contributed by atoms with Gasteiger partial charge in [-0.3, -0.25) is 4.98 Å². The molecule has 2 N–H and O–H groups in total. The molecule has 0 radical (unpaired) electrons. The van der Waals surface area contributed by atoms with Gasteiger partial charge in [-0.2, -0.15) is 0 Å². The molecule has 0 fully saturated rings. The van der Waals surface area contributed by atoms with E-state index in [1.165, 1.54) is 30.1 Å². The van der Waals surface area contributed by atoms with Gasteiger partial charge in [0, 0.05) is 17.9 Å². The van der Waals surface area contributed by atoms with Gasteiger partial charge >= 0.3 is 0 Å². The third-order valence-corrected chi connectivity index (χ3v) is 2.32. The van der Waals surface area contributed by atoms with Gasteiger partial charge < -0.3 is 0 Å². The van der Waals surface area contributed by atoms with Gasteiger partial charge in [-0.05, 0) is 17.7 Å². The maximum Gasteiger partial charge on any atom is 0.239 e. The number of halogens is 1. The highest BCUT2D eigenvalue weighted by Crippen LogP contribution is 2.09. The minimum absolute atomic E-state index is 0.0280. The number of aromatic nitrogens is 1. The van der Waals surface area contributed by atoms with Crippen LogP contribution in [-0.2, 0) is 10.0 Å². The average molecular weight is 219 g/mol. The largest absolute Gasteiger partial charge is 0.263 e. The van der Waals surface area contributed by atoms with Crippen molar-refractivity contribution in [2.75, 3.05) is 0 Å². The quantitative estimate of drug-likeness (QED) is 0.803. The van der Waals surface area contributed by atoms with E-state index in [1.54, 1.807) is 0 Å². The lowest BCUT2D eigenvalue weighted by Crippen LogP contribution is -2.12. The zero-order valence-corrected chi connectivity index (χ0v) is 8.09. The molecule has 4 nitrogen and oxygen atoms in total. The number of rotatable bonds is 2. The Bertz CT molecular complexity index is 428. The fourth-order valence-corrected chi connectivity index (χ4v) is 1.41. The van der Waals surface area contributed by atoms with E-state index in [1.807, 2.05) is 0 Å². The van der Waals surface area contributed by atoms with Crippen molar-refractivity contribution in [3.63, 3.8) is 0 Å². The van der Waals surface area contributed by atoms with E-state index in [9.17, 15) is 8.42 Å². The predicted molar refractivity (Wildman–Crippen MR) is 50.5 cm³/mol. The topological polar surface area (TPSA) is 73.1 Å². The van der Waals surface area contributed by atoms with E-state index in [2.05, 4.69) is 4.98 Å². The van der Waals surface area contributed by atoms with Crippen LogP contribution in [-0.4, -0.2) is 13.4 Å². The highest BCUT2D eigenvalue weighted by molar-refractivity contribution is 7.89. The van der Waals surface area contributed by atoms with Gasteiger partial charge in [-0.1, -0.05) is 11.6 Å². The summed E-state index contributed by atoms with van der Waals surface area (Å²) in [7, 11) is -3.68. The van der Waals surface area contributed by atoms with Crippen molar-refractivity contribution in [3.8, 4) is 0 Å². The Hall–Kier alpha value is -0.910. The fourth-order valence-electron chi connectivity index (χ4n) is 0.755. The van der Waals surface area contributed by atoms with Crippen molar-refractivity contribution < 1.29 is 8.42 Å². The minimum Gasteiger partial charge on any atom is -0.263 e. The average Bonchev–Trinajstić information content (AvgIpc) is 2.04. The van der Waals surface area contributed by atoms with Crippen LogP contribution in [0.25, 0.3) is 6.08 Å². The van der Waals surface area contributed by atoms with Gasteiger partial charge in [0.2, 0.25) is 10.0 Å². The molecule has 6 heteroatoms. The number of primary sulfonamides is 1. The molecule has 70 valence electrons. The van der Waals surface area contributed by atoms with E-state index in [0.717, 1.165) is 0 Å². The summed E-state index contributed by atoms with van der Waals surface area (Å²) >= 11 is 5.31. The number of hydrogen-bond acceptors (Lipinski definition) is 3. The molecule has 0 aliphatic carbocycles. The summed E-state index contributed by atoms with van der Waals surface area (Å²) in [6, 6.07) is 1.39. The first kappa shape index (κ1) is 10.2. The second-order valence-corrected chi connectivity index (χ2v) is 4.11. The smallest absolute Gasteiger partial charge is 0.239 e. The van der Waals surface area contributed by atoms with Crippen molar-refractivity contribution in [2.45, 2.75) is 4.90 Å². The maximum absolute atomic E-state index is 10.9. The summed E-state index contributed by atoms with van der Waals surface area (Å²) in [5, 5.41) is 4.90. The third kappa shape index (κ3) is 2.80. The minimum atomic E-state index is -3.68. The lowest BCUT2D eigenvalue weighted by atomic mass is 10.3. The molecule has 1 aromatic heterocycles. The van der Waals surface area contributed by atoms with Crippen LogP contribution < -0.4 is 5.14 Å². The van der Waals surface area contributed by atoms with Crippen LogP contribution in [0, 0.1) is 0 Å². The van der Waals surface area contributed by atoms with Gasteiger partial charge in [0.1, 0.15) is 4.90 Å². The van der Waals surface area contributed by atoms with Gasteiger partial charge in [-0.15, -0.1) is 0 Å². The Labute approximate surface area is 81.1 Å². The normalized spacial score (nSPS) is 12.2. The second kappa shape index (κ2) is 3.87. The summed E-state index contributed by atoms with van der Waals surface area (Å²) in [4.78, 5) is 3.67. The molecular formula is C7H7ClN2O2S. The van der Waals surface area contributed by atoms with Crippen LogP contribution in [0.15, 0.2) is 28.9 Å². The molecule has 0 saturated carbocycles. The molecule has 0 aliphatic heterocycles. The Kier molecular flexibility index (Phi) is 3.02. The molecule has 0 aliphatic rings. The lowest BCUT2D eigenvalue weighted by molar-refractivity contribution is 0.597. The Morgan fingerprint density at radius 1 is 1.46 bits per heavy atom. The molecule has 0 atom stereocenters. The van der Waals surface area contributed by atoms with Crippen LogP contribution in [0.1, 0.15) is 5.56 Å². The molecule has 0 amide bonds. The number of pyridine rings is 1. The molecule has 1 rings (SSSR count). The monoisotopic (exact) mass is 218 g/mol. The van der Waals surface area contributed by atoms with Gasteiger partial charge in [0.05, 0.1) is 0 Å². The zero-order chi connectivity index (χ0) is 9.90. The summed E-state index contributed by atoms with van der Waals surface area (Å²) in [6.45, 7) is 0. The molecule has 0 bridgehead atoms. The highest BCUT2D eigenvalue weighted by atomic mass is 35.5. The van der Waals surface area contributed by atoms with Crippen LogP contribution in [0.4, 0.5) is 0 Å². The molecular weight excluding hydrogens is 212 g/mol. The van der Waals surface area contributed by atoms with E-state index >= 15 is 0 Å². The molecule has 0 spiro atoms. The first-order valence-electron chi connectivity index (χ1n) is 3.28. The van der Waals surface area contributed by atoms with E-state index in [-0.39, 0.29) is 4.90 Å². The molecule has 0 saturated heterocycles. The summed E-state index contributed by atoms with van der Waals surface area (Å²) in [6.07, 6.45) is 4.18. The Morgan fingerprint density at radius 3 is 2.69 bits per heavy atom. The number of hydrogen-bond donors (Lipinski definition) is 1. The molecule has 1 aromatic rings. The van der Waals surface area contributed by atoms with Crippen LogP contribution in [0.3, 0.4) is 0 Å². The molecule has 1 heterocycles. The summed E-state index contributed by atoms with van der Waals surface area (Å²) < 4.78 is 21.7. The molecule has 0 unspecified atom stereocenters. The number of sulfonamides is 1. The first-order chi connectivity index (χ1) is 6.04. The van der Waals surface area contributed by atoms with E-state index in [4.69, 9.17) is 16.7 Å². The summed E-state index contributed by atoms with van der Waals surface area (Å²) in [5.74, 6) is 0. The number of nitrogens with zero attached hydrogens (tertiary/aromatic N) is 1. The maximum atomic E-state index is 10.9. The lowest BCUT2D eigenvalue weighted by Gasteiger charge is -1.97. The summed E-state index contributed by atoms with van der Waals surface area (Å²) in [5.41, 5.74) is 1.85. The standard InChI is InChI=1S/C7H7ClN2O2S/c8-2-1-6-3-7(5-10-4-6)13(9,11)12/h1-5H,(H2,9,11,12). The third-order valence-electron chi connectivity index (χ3n) is 1.32. The Morgan fingerprint density at radius 2 is 2.15 bits per heavy atom. The van der Waals surface area contributed by atoms with Gasteiger partial charge in [0.15, 0.2) is 0 Å². The second-order valence-electron chi connectivity index (χ2n) is 2.29. The van der Waals surface area contributed by atoms with Gasteiger partial charge in [0.25, 0.3) is 0 Å². The molecule has 13 heavy (non-hydrogen) atoms. The fraction of sp³-hybridized carbons (Fsp3) is 0. The predicted octanol–water partition coefficient (Wildman–Crippen LogP) is 0.939. The van der Waals surface area contributed by atoms with Gasteiger partial charge in [-0.25, -0.2) is 13.6 Å².